The molecule has 0 bridgehead atoms. The Morgan fingerprint density at radius 1 is 1.40 bits per heavy atom. The number of aryl methyl sites for hydroxylation is 1. The fraction of sp³-hybridized carbons (Fsp3) is 0.533. The number of hydrogen-bond donors (Lipinski definition) is 1. The first kappa shape index (κ1) is 14.8. The van der Waals surface area contributed by atoms with E-state index < -0.39 is 5.82 Å². The summed E-state index contributed by atoms with van der Waals surface area (Å²) in [6.07, 6.45) is 1.79. The van der Waals surface area contributed by atoms with Crippen LogP contribution in [-0.4, -0.2) is 44.1 Å². The van der Waals surface area contributed by atoms with Crippen LogP contribution in [-0.2, 0) is 0 Å². The van der Waals surface area contributed by atoms with Gasteiger partial charge in [-0.2, -0.15) is 0 Å². The number of hydrogen-bond acceptors (Lipinski definition) is 3. The smallest absolute Gasteiger partial charge is 0.254 e. The molecule has 1 aliphatic heterocycles. The average molecular weight is 280 g/mol. The van der Waals surface area contributed by atoms with E-state index >= 15 is 0 Å². The van der Waals surface area contributed by atoms with Crippen LogP contribution in [0.15, 0.2) is 12.1 Å². The maximum absolute atomic E-state index is 13.9. The van der Waals surface area contributed by atoms with Crippen molar-refractivity contribution in [3.8, 4) is 5.75 Å². The van der Waals surface area contributed by atoms with Crippen LogP contribution in [0.3, 0.4) is 0 Å². The van der Waals surface area contributed by atoms with Crippen LogP contribution >= 0.6 is 0 Å². The fourth-order valence-electron chi connectivity index (χ4n) is 2.46. The highest BCUT2D eigenvalue weighted by molar-refractivity contribution is 5.95. The summed E-state index contributed by atoms with van der Waals surface area (Å²) in [7, 11) is 3.57. The number of nitrogens with one attached hydrogen (secondary N) is 1. The molecule has 0 aliphatic carbocycles. The number of nitrogens with zero attached hydrogens (tertiary/aromatic N) is 1. The van der Waals surface area contributed by atoms with E-state index in [0.29, 0.717) is 11.3 Å². The minimum atomic E-state index is -0.506. The maximum Gasteiger partial charge on any atom is 0.254 e. The number of carbonyl (C=O) groups excluding carboxylic acids is 1. The van der Waals surface area contributed by atoms with Crippen molar-refractivity contribution in [3.05, 3.63) is 29.1 Å². The fourth-order valence-corrected chi connectivity index (χ4v) is 2.46. The van der Waals surface area contributed by atoms with Gasteiger partial charge in [0.05, 0.1) is 12.7 Å². The van der Waals surface area contributed by atoms with Crippen molar-refractivity contribution in [3.63, 3.8) is 0 Å². The van der Waals surface area contributed by atoms with Crippen LogP contribution in [0.5, 0.6) is 5.75 Å². The Morgan fingerprint density at radius 3 is 2.65 bits per heavy atom. The number of piperidine rings is 1. The molecule has 1 aromatic carbocycles. The molecular formula is C15H21FN2O2. The second-order valence-electron chi connectivity index (χ2n) is 5.35. The molecule has 2 rings (SSSR count). The van der Waals surface area contributed by atoms with Crippen LogP contribution in [0.2, 0.25) is 0 Å². The summed E-state index contributed by atoms with van der Waals surface area (Å²) >= 11 is 0. The van der Waals surface area contributed by atoms with Crippen LogP contribution in [0, 0.1) is 12.7 Å². The molecule has 1 saturated heterocycles. The second-order valence-corrected chi connectivity index (χ2v) is 5.35. The van der Waals surface area contributed by atoms with Gasteiger partial charge in [0.1, 0.15) is 11.6 Å². The van der Waals surface area contributed by atoms with Crippen LogP contribution in [0.1, 0.15) is 28.8 Å². The molecule has 110 valence electrons. The molecule has 1 amide bonds. The van der Waals surface area contributed by atoms with Crippen molar-refractivity contribution in [2.24, 2.45) is 0 Å². The highest BCUT2D eigenvalue weighted by atomic mass is 19.1. The molecule has 20 heavy (non-hydrogen) atoms. The standard InChI is InChI=1S/C15H21FN2O2/c1-10-8-13(16)12(9-14(10)20-3)15(19)17-11-4-6-18(2)7-5-11/h8-9,11H,4-7H2,1-3H3,(H,17,19). The lowest BCUT2D eigenvalue weighted by molar-refractivity contribution is 0.0912. The summed E-state index contributed by atoms with van der Waals surface area (Å²) < 4.78 is 19.1. The molecule has 5 heteroatoms. The van der Waals surface area contributed by atoms with Gasteiger partial charge in [0.25, 0.3) is 5.91 Å². The Kier molecular flexibility index (Phi) is 4.60. The minimum absolute atomic E-state index is 0.0476. The van der Waals surface area contributed by atoms with Gasteiger partial charge in [0, 0.05) is 6.04 Å². The molecule has 0 saturated carbocycles. The van der Waals surface area contributed by atoms with E-state index in [0.717, 1.165) is 25.9 Å². The lowest BCUT2D eigenvalue weighted by Crippen LogP contribution is -2.43. The summed E-state index contributed by atoms with van der Waals surface area (Å²) in [5.74, 6) is -0.344. The molecular weight excluding hydrogens is 259 g/mol. The number of halogens is 1. The van der Waals surface area contributed by atoms with Gasteiger partial charge in [0.15, 0.2) is 0 Å². The maximum atomic E-state index is 13.9. The van der Waals surface area contributed by atoms with Gasteiger partial charge in [0.2, 0.25) is 0 Å². The van der Waals surface area contributed by atoms with Crippen molar-refractivity contribution in [2.75, 3.05) is 27.2 Å². The molecule has 4 nitrogen and oxygen atoms in total. The SMILES string of the molecule is COc1cc(C(=O)NC2CCN(C)CC2)c(F)cc1C. The first-order chi connectivity index (χ1) is 9.51. The molecule has 1 aromatic rings. The second kappa shape index (κ2) is 6.22. The van der Waals surface area contributed by atoms with E-state index in [4.69, 9.17) is 4.74 Å². The minimum Gasteiger partial charge on any atom is -0.496 e. The Labute approximate surface area is 118 Å². The largest absolute Gasteiger partial charge is 0.496 e. The summed E-state index contributed by atoms with van der Waals surface area (Å²) in [5.41, 5.74) is 0.729. The number of benzene rings is 1. The topological polar surface area (TPSA) is 41.6 Å². The zero-order valence-corrected chi connectivity index (χ0v) is 12.2. The first-order valence-electron chi connectivity index (χ1n) is 6.85. The van der Waals surface area contributed by atoms with E-state index in [1.807, 2.05) is 0 Å². The van der Waals surface area contributed by atoms with E-state index in [1.165, 1.54) is 19.2 Å². The summed E-state index contributed by atoms with van der Waals surface area (Å²) in [6, 6.07) is 2.92. The van der Waals surface area contributed by atoms with E-state index in [2.05, 4.69) is 17.3 Å². The molecule has 1 heterocycles. The number of amides is 1. The van der Waals surface area contributed by atoms with Gasteiger partial charge in [-0.1, -0.05) is 0 Å². The number of carbonyl (C=O) groups is 1. The van der Waals surface area contributed by atoms with Crippen LogP contribution in [0.4, 0.5) is 4.39 Å². The summed E-state index contributed by atoms with van der Waals surface area (Å²) in [5, 5.41) is 2.91. The van der Waals surface area contributed by atoms with E-state index in [-0.39, 0.29) is 17.5 Å². The molecule has 1 fully saturated rings. The van der Waals surface area contributed by atoms with Crippen molar-refractivity contribution in [1.29, 1.82) is 0 Å². The van der Waals surface area contributed by atoms with Gasteiger partial charge in [-0.3, -0.25) is 4.79 Å². The third-order valence-electron chi connectivity index (χ3n) is 3.78. The van der Waals surface area contributed by atoms with Crippen molar-refractivity contribution < 1.29 is 13.9 Å². The third-order valence-corrected chi connectivity index (χ3v) is 3.78. The molecule has 0 radical (unpaired) electrons. The predicted molar refractivity (Wildman–Crippen MR) is 75.7 cm³/mol. The van der Waals surface area contributed by atoms with Gasteiger partial charge in [-0.05, 0) is 57.6 Å². The Balaban J connectivity index is 2.09. The molecule has 1 aliphatic rings. The van der Waals surface area contributed by atoms with E-state index in [1.54, 1.807) is 6.92 Å². The van der Waals surface area contributed by atoms with Gasteiger partial charge in [-0.25, -0.2) is 4.39 Å². The normalized spacial score (nSPS) is 17.0. The Morgan fingerprint density at radius 2 is 2.05 bits per heavy atom. The van der Waals surface area contributed by atoms with Gasteiger partial charge >= 0.3 is 0 Å². The van der Waals surface area contributed by atoms with Crippen molar-refractivity contribution in [1.82, 2.24) is 10.2 Å². The zero-order chi connectivity index (χ0) is 14.7. The lowest BCUT2D eigenvalue weighted by atomic mass is 10.0. The van der Waals surface area contributed by atoms with Gasteiger partial charge < -0.3 is 15.0 Å². The predicted octanol–water partition coefficient (Wildman–Crippen LogP) is 1.97. The highest BCUT2D eigenvalue weighted by Gasteiger charge is 2.21. The Hall–Kier alpha value is -1.62. The van der Waals surface area contributed by atoms with E-state index in [9.17, 15) is 9.18 Å². The summed E-state index contributed by atoms with van der Waals surface area (Å²) in [4.78, 5) is 14.4. The summed E-state index contributed by atoms with van der Waals surface area (Å²) in [6.45, 7) is 3.65. The monoisotopic (exact) mass is 280 g/mol. The molecule has 0 spiro atoms. The highest BCUT2D eigenvalue weighted by Crippen LogP contribution is 2.22. The number of likely N-dealkylation sites (tertiary alicyclic amines) is 1. The molecule has 1 N–H and O–H groups in total. The molecule has 0 unspecified atom stereocenters. The number of methoxy groups -OCH3 is 1. The quantitative estimate of drug-likeness (QED) is 0.920. The van der Waals surface area contributed by atoms with Crippen LogP contribution in [0.25, 0.3) is 0 Å². The number of rotatable bonds is 3. The van der Waals surface area contributed by atoms with Crippen LogP contribution < -0.4 is 10.1 Å². The van der Waals surface area contributed by atoms with Crippen molar-refractivity contribution >= 4 is 5.91 Å². The first-order valence-corrected chi connectivity index (χ1v) is 6.85. The number of ether oxygens (including phenoxy) is 1. The average Bonchev–Trinajstić information content (AvgIpc) is 2.41. The molecule has 0 atom stereocenters. The van der Waals surface area contributed by atoms with Gasteiger partial charge in [-0.15, -0.1) is 0 Å². The third kappa shape index (κ3) is 3.28. The zero-order valence-electron chi connectivity index (χ0n) is 12.2. The molecule has 0 aromatic heterocycles. The Bertz CT molecular complexity index is 497. The lowest BCUT2D eigenvalue weighted by Gasteiger charge is -2.29. The van der Waals surface area contributed by atoms with Crippen molar-refractivity contribution in [2.45, 2.75) is 25.8 Å².